The molecule has 2 amide bonds. The molecule has 0 aromatic rings. The predicted octanol–water partition coefficient (Wildman–Crippen LogP) is -0.449. The van der Waals surface area contributed by atoms with E-state index in [-0.39, 0.29) is 12.1 Å². The van der Waals surface area contributed by atoms with Crippen LogP contribution in [0.15, 0.2) is 0 Å². The number of nitrogens with one attached hydrogen (secondary N) is 2. The largest absolute Gasteiger partial charge is 0.379 e. The Kier molecular flexibility index (Phi) is 3.31. The zero-order valence-electron chi connectivity index (χ0n) is 7.46. The van der Waals surface area contributed by atoms with Crippen molar-refractivity contribution in [2.75, 3.05) is 27.3 Å². The molecule has 0 bridgehead atoms. The lowest BCUT2D eigenvalue weighted by Gasteiger charge is -2.15. The maximum atomic E-state index is 11.1. The summed E-state index contributed by atoms with van der Waals surface area (Å²) in [5.74, 6) is 0. The van der Waals surface area contributed by atoms with Gasteiger partial charge in [-0.25, -0.2) is 9.80 Å². The number of rotatable bonds is 2. The minimum absolute atomic E-state index is 0.171. The van der Waals surface area contributed by atoms with Crippen LogP contribution in [0.1, 0.15) is 6.42 Å². The van der Waals surface area contributed by atoms with Gasteiger partial charge in [0.15, 0.2) is 0 Å². The number of amides is 2. The normalized spacial score (nSPS) is 22.8. The van der Waals surface area contributed by atoms with Gasteiger partial charge in [0.1, 0.15) is 0 Å². The molecule has 1 heterocycles. The summed E-state index contributed by atoms with van der Waals surface area (Å²) in [5.41, 5.74) is 2.60. The topological polar surface area (TPSA) is 53.6 Å². The first kappa shape index (κ1) is 9.28. The summed E-state index contributed by atoms with van der Waals surface area (Å²) in [6, 6.07) is 0.000417. The summed E-state index contributed by atoms with van der Waals surface area (Å²) in [6.07, 6.45) is 0.904. The van der Waals surface area contributed by atoms with Gasteiger partial charge < -0.3 is 10.1 Å². The molecule has 1 atom stereocenters. The molecule has 1 rings (SSSR count). The lowest BCUT2D eigenvalue weighted by molar-refractivity contribution is 0.184. The number of ether oxygens (including phenoxy) is 1. The van der Waals surface area contributed by atoms with Gasteiger partial charge in [-0.1, -0.05) is 0 Å². The molecule has 0 aromatic heterocycles. The van der Waals surface area contributed by atoms with Gasteiger partial charge in [0, 0.05) is 20.7 Å². The van der Waals surface area contributed by atoms with Crippen LogP contribution in [-0.4, -0.2) is 44.4 Å². The Morgan fingerprint density at radius 2 is 2.33 bits per heavy atom. The molecule has 0 spiro atoms. The second-order valence-corrected chi connectivity index (χ2v) is 3.04. The van der Waals surface area contributed by atoms with Crippen molar-refractivity contribution in [1.29, 1.82) is 0 Å². The molecule has 0 aliphatic carbocycles. The van der Waals surface area contributed by atoms with Crippen molar-refractivity contribution in [1.82, 2.24) is 15.8 Å². The summed E-state index contributed by atoms with van der Waals surface area (Å²) in [7, 11) is 3.54. The number of hydrogen-bond acceptors (Lipinski definition) is 3. The van der Waals surface area contributed by atoms with Gasteiger partial charge in [-0.3, -0.25) is 5.43 Å². The summed E-state index contributed by atoms with van der Waals surface area (Å²) in [6.45, 7) is 1.37. The molecule has 5 nitrogen and oxygen atoms in total. The Balaban J connectivity index is 2.16. The third-order valence-corrected chi connectivity index (χ3v) is 1.59. The molecular weight excluding hydrogens is 158 g/mol. The van der Waals surface area contributed by atoms with Crippen LogP contribution in [0.25, 0.3) is 0 Å². The number of carbonyl (C=O) groups excluding carboxylic acids is 1. The summed E-state index contributed by atoms with van der Waals surface area (Å²) >= 11 is 0. The lowest BCUT2D eigenvalue weighted by Crippen LogP contribution is -2.47. The minimum atomic E-state index is -0.171. The van der Waals surface area contributed by atoms with Crippen LogP contribution >= 0.6 is 0 Å². The van der Waals surface area contributed by atoms with Crippen LogP contribution in [0, 0.1) is 0 Å². The SMILES string of the molecule is CN(C)NC(=O)NC1CCOC1. The van der Waals surface area contributed by atoms with Gasteiger partial charge in [-0.2, -0.15) is 0 Å². The zero-order valence-corrected chi connectivity index (χ0v) is 7.46. The van der Waals surface area contributed by atoms with Gasteiger partial charge in [0.05, 0.1) is 12.6 Å². The van der Waals surface area contributed by atoms with Crippen LogP contribution in [-0.2, 0) is 4.74 Å². The van der Waals surface area contributed by atoms with Crippen molar-refractivity contribution in [3.63, 3.8) is 0 Å². The number of nitrogens with zero attached hydrogens (tertiary/aromatic N) is 1. The molecule has 1 fully saturated rings. The second kappa shape index (κ2) is 4.27. The Morgan fingerprint density at radius 3 is 2.83 bits per heavy atom. The second-order valence-electron chi connectivity index (χ2n) is 3.04. The fourth-order valence-electron chi connectivity index (χ4n) is 1.07. The smallest absolute Gasteiger partial charge is 0.329 e. The monoisotopic (exact) mass is 173 g/mol. The Hall–Kier alpha value is -0.810. The number of carbonyl (C=O) groups is 1. The van der Waals surface area contributed by atoms with Gasteiger partial charge in [0.2, 0.25) is 0 Å². The number of hydrogen-bond donors (Lipinski definition) is 2. The van der Waals surface area contributed by atoms with Gasteiger partial charge >= 0.3 is 6.03 Å². The molecule has 0 saturated carbocycles. The zero-order chi connectivity index (χ0) is 8.97. The van der Waals surface area contributed by atoms with E-state index in [0.717, 1.165) is 13.0 Å². The molecule has 1 aliphatic heterocycles. The molecule has 2 N–H and O–H groups in total. The molecule has 12 heavy (non-hydrogen) atoms. The maximum absolute atomic E-state index is 11.1. The van der Waals surface area contributed by atoms with Gasteiger partial charge in [-0.05, 0) is 6.42 Å². The first-order valence-corrected chi connectivity index (χ1v) is 4.00. The van der Waals surface area contributed by atoms with Gasteiger partial charge in [-0.15, -0.1) is 0 Å². The summed E-state index contributed by atoms with van der Waals surface area (Å²) < 4.78 is 5.11. The molecule has 1 aliphatic rings. The number of urea groups is 1. The van der Waals surface area contributed by atoms with Crippen molar-refractivity contribution >= 4 is 6.03 Å². The highest BCUT2D eigenvalue weighted by atomic mass is 16.5. The van der Waals surface area contributed by atoms with Crippen LogP contribution in [0.3, 0.4) is 0 Å². The highest BCUT2D eigenvalue weighted by Gasteiger charge is 2.17. The van der Waals surface area contributed by atoms with Crippen LogP contribution in [0.5, 0.6) is 0 Å². The third-order valence-electron chi connectivity index (χ3n) is 1.59. The van der Waals surface area contributed by atoms with E-state index in [1.807, 2.05) is 0 Å². The van der Waals surface area contributed by atoms with Crippen LogP contribution in [0.4, 0.5) is 4.79 Å². The average molecular weight is 173 g/mol. The standard InChI is InChI=1S/C7H15N3O2/c1-10(2)9-7(11)8-6-3-4-12-5-6/h6H,3-5H2,1-2H3,(H2,8,9,11). The Labute approximate surface area is 72.0 Å². The van der Waals surface area contributed by atoms with Crippen LogP contribution < -0.4 is 10.7 Å². The molecule has 5 heteroatoms. The van der Waals surface area contributed by atoms with Crippen LogP contribution in [0.2, 0.25) is 0 Å². The van der Waals surface area contributed by atoms with Crippen molar-refractivity contribution in [2.45, 2.75) is 12.5 Å². The van der Waals surface area contributed by atoms with E-state index in [4.69, 9.17) is 4.74 Å². The quantitative estimate of drug-likeness (QED) is 0.556. The van der Waals surface area contributed by atoms with Crippen molar-refractivity contribution in [3.8, 4) is 0 Å². The van der Waals surface area contributed by atoms with E-state index >= 15 is 0 Å². The minimum Gasteiger partial charge on any atom is -0.379 e. The number of hydrazine groups is 1. The van der Waals surface area contributed by atoms with Crippen molar-refractivity contribution in [2.24, 2.45) is 0 Å². The summed E-state index contributed by atoms with van der Waals surface area (Å²) in [5, 5.41) is 4.40. The first-order valence-electron chi connectivity index (χ1n) is 4.00. The van der Waals surface area contributed by atoms with Gasteiger partial charge in [0.25, 0.3) is 0 Å². The highest BCUT2D eigenvalue weighted by molar-refractivity contribution is 5.73. The Bertz CT molecular complexity index is 155. The first-order chi connectivity index (χ1) is 5.68. The van der Waals surface area contributed by atoms with E-state index in [1.54, 1.807) is 19.1 Å². The fraction of sp³-hybridized carbons (Fsp3) is 0.857. The molecule has 1 saturated heterocycles. The molecular formula is C7H15N3O2. The van der Waals surface area contributed by atoms with E-state index in [9.17, 15) is 4.79 Å². The molecule has 0 radical (unpaired) electrons. The molecule has 0 aromatic carbocycles. The average Bonchev–Trinajstić information content (AvgIpc) is 2.37. The fourth-order valence-corrected chi connectivity index (χ4v) is 1.07. The van der Waals surface area contributed by atoms with Crippen molar-refractivity contribution in [3.05, 3.63) is 0 Å². The molecule has 70 valence electrons. The predicted molar refractivity (Wildman–Crippen MR) is 44.6 cm³/mol. The Morgan fingerprint density at radius 1 is 1.58 bits per heavy atom. The third kappa shape index (κ3) is 3.06. The lowest BCUT2D eigenvalue weighted by atomic mass is 10.3. The highest BCUT2D eigenvalue weighted by Crippen LogP contribution is 2.02. The van der Waals surface area contributed by atoms with E-state index in [1.165, 1.54) is 0 Å². The molecule has 1 unspecified atom stereocenters. The summed E-state index contributed by atoms with van der Waals surface area (Å²) in [4.78, 5) is 11.1. The van der Waals surface area contributed by atoms with E-state index in [0.29, 0.717) is 6.61 Å². The maximum Gasteiger partial charge on any atom is 0.329 e. The van der Waals surface area contributed by atoms with Crippen molar-refractivity contribution < 1.29 is 9.53 Å². The van der Waals surface area contributed by atoms with E-state index < -0.39 is 0 Å². The van der Waals surface area contributed by atoms with E-state index in [2.05, 4.69) is 10.7 Å².